The fraction of sp³-hybridized carbons (Fsp3) is 1.00. The summed E-state index contributed by atoms with van der Waals surface area (Å²) < 4.78 is 4.60. The Balaban J connectivity index is 0.000000642. The van der Waals surface area contributed by atoms with E-state index in [1.54, 1.807) is 0 Å². The van der Waals surface area contributed by atoms with Crippen molar-refractivity contribution in [2.24, 2.45) is 0 Å². The number of hydrogen-bond acceptors (Lipinski definition) is 0. The molecular weight excluding hydrogens is 419 g/mol. The van der Waals surface area contributed by atoms with Crippen LogP contribution in [0.15, 0.2) is 0 Å². The Morgan fingerprint density at radius 1 is 0.630 bits per heavy atom. The third kappa shape index (κ3) is 0.260. The third-order valence-corrected chi connectivity index (χ3v) is 62.1. The average molecular weight is 457 g/mol. The predicted octanol–water partition coefficient (Wildman–Crippen LogP) is -0.906. The van der Waals surface area contributed by atoms with E-state index in [1.807, 2.05) is 0 Å². The van der Waals surface area contributed by atoms with Gasteiger partial charge in [0.15, 0.2) is 0 Å². The molecule has 10 aliphatic heterocycles. The van der Waals surface area contributed by atoms with Crippen LogP contribution in [0.3, 0.4) is 0 Å². The number of hydrogen-bond donors (Lipinski definition) is 0. The molecule has 0 aromatic rings. The number of rotatable bonds is 6. The van der Waals surface area contributed by atoms with Gasteiger partial charge < -0.3 is 24.8 Å². The van der Waals surface area contributed by atoms with Crippen LogP contribution in [0.4, 0.5) is 0 Å². The van der Waals surface area contributed by atoms with E-state index in [1.165, 1.54) is 60.3 Å². The zero-order chi connectivity index (χ0) is 17.5. The molecule has 0 amide bonds. The second-order valence-electron chi connectivity index (χ2n) is 16.0. The maximum atomic E-state index is 2.56. The molecule has 0 radical (unpaired) electrons. The molecule has 0 aromatic carbocycles. The normalized spacial score (nSPS) is 85.2. The zero-order valence-corrected chi connectivity index (χ0v) is 20.8. The molecule has 0 aromatic heterocycles. The standard InChI is InChI=1S/2C11H19N.2ClH.Fe/c2*1-5-11(12(2,3)4)10-8-6-7-9-10;;;/h2*6-9,11H,5H2,1-4H3;2*1H;/q2*+1;;;/p-2. The Bertz CT molecular complexity index is 1120. The van der Waals surface area contributed by atoms with E-state index in [0.717, 1.165) is 20.7 Å². The summed E-state index contributed by atoms with van der Waals surface area (Å²) in [7, 11) is 15.4. The SMILES string of the molecule is CCC([C]12[CH]3[CH]4[CH]5[CH]1[Fe]45321678[CH]2[CH]1[CH]6[C]7(C(CC)[N+](C)(C)C)[CH]28)[N+](C)(C)C.[Cl-].[Cl-]. The minimum atomic E-state index is -3.32. The van der Waals surface area contributed by atoms with Crippen molar-refractivity contribution in [1.29, 1.82) is 0 Å². The topological polar surface area (TPSA) is 0 Å². The Morgan fingerprint density at radius 3 is 1.04 bits per heavy atom. The van der Waals surface area contributed by atoms with Crippen molar-refractivity contribution < 1.29 is 40.3 Å². The maximum Gasteiger partial charge on any atom is -1.00 e. The summed E-state index contributed by atoms with van der Waals surface area (Å²) in [6, 6.07) is 2.06. The molecule has 0 aliphatic carbocycles. The van der Waals surface area contributed by atoms with E-state index in [2.05, 4.69) is 56.1 Å². The Morgan fingerprint density at radius 2 is 0.889 bits per heavy atom. The van der Waals surface area contributed by atoms with Crippen molar-refractivity contribution in [3.8, 4) is 0 Å². The van der Waals surface area contributed by atoms with E-state index in [0.29, 0.717) is 0 Å². The minimum Gasteiger partial charge on any atom is -1.00 e. The van der Waals surface area contributed by atoms with Crippen molar-refractivity contribution in [3.63, 3.8) is 0 Å². The van der Waals surface area contributed by atoms with Crippen LogP contribution in [0, 0.1) is 0 Å². The van der Waals surface area contributed by atoms with Gasteiger partial charge in [-0.05, 0) is 0 Å². The van der Waals surface area contributed by atoms with Gasteiger partial charge in [-0.25, -0.2) is 0 Å². The van der Waals surface area contributed by atoms with E-state index < -0.39 is 6.51 Å². The van der Waals surface area contributed by atoms with Crippen LogP contribution in [-0.2, 0) is 6.51 Å². The van der Waals surface area contributed by atoms with Crippen LogP contribution in [0.1, 0.15) is 26.7 Å². The van der Waals surface area contributed by atoms with Gasteiger partial charge in [-0.2, -0.15) is 0 Å². The van der Waals surface area contributed by atoms with Gasteiger partial charge in [-0.15, -0.1) is 0 Å². The van der Waals surface area contributed by atoms with Gasteiger partial charge in [0.05, 0.1) is 0 Å². The van der Waals surface area contributed by atoms with Crippen molar-refractivity contribution in [3.05, 3.63) is 0 Å². The molecule has 10 rings (SSSR count). The van der Waals surface area contributed by atoms with E-state index in [4.69, 9.17) is 0 Å². The van der Waals surface area contributed by atoms with Crippen LogP contribution < -0.4 is 24.8 Å². The summed E-state index contributed by atoms with van der Waals surface area (Å²) in [6.07, 6.45) is 2.94. The Hall–Kier alpha value is 1.02. The van der Waals surface area contributed by atoms with E-state index >= 15 is 0 Å². The summed E-state index contributed by atoms with van der Waals surface area (Å²) in [4.78, 5) is 11.4. The van der Waals surface area contributed by atoms with Crippen LogP contribution in [-0.4, -0.2) is 63.3 Å². The van der Waals surface area contributed by atoms with Crippen LogP contribution in [0.5, 0.6) is 0 Å². The fourth-order valence-corrected chi connectivity index (χ4v) is 100. The van der Waals surface area contributed by atoms with Crippen molar-refractivity contribution >= 4 is 0 Å². The summed E-state index contributed by atoms with van der Waals surface area (Å²) in [5.41, 5.74) is 0. The molecule has 10 atom stereocenters. The zero-order valence-electron chi connectivity index (χ0n) is 18.2. The van der Waals surface area contributed by atoms with Crippen LogP contribution >= 0.6 is 0 Å². The van der Waals surface area contributed by atoms with Gasteiger partial charge in [0.25, 0.3) is 0 Å². The van der Waals surface area contributed by atoms with Gasteiger partial charge >= 0.3 is 144 Å². The Labute approximate surface area is 168 Å². The fourth-order valence-electron chi connectivity index (χ4n) is 21.6. The molecule has 2 nitrogen and oxygen atoms in total. The number of nitrogens with zero attached hydrogens (tertiary/aromatic N) is 2. The van der Waals surface area contributed by atoms with Gasteiger partial charge in [0, 0.05) is 0 Å². The quantitative estimate of drug-likeness (QED) is 0.358. The first-order valence-electron chi connectivity index (χ1n) is 11.1. The van der Waals surface area contributed by atoms with Gasteiger partial charge in [-0.1, -0.05) is 0 Å². The summed E-state index contributed by atoms with van der Waals surface area (Å²) in [5.74, 6) is 0. The minimum absolute atomic E-state index is 0. The summed E-state index contributed by atoms with van der Waals surface area (Å²) in [5, 5.41) is 0. The number of halogens is 2. The maximum absolute atomic E-state index is 3.32. The van der Waals surface area contributed by atoms with Crippen LogP contribution in [0.2, 0.25) is 47.2 Å². The number of quaternary nitrogens is 2. The van der Waals surface area contributed by atoms with Crippen molar-refractivity contribution in [1.82, 2.24) is 0 Å². The van der Waals surface area contributed by atoms with Gasteiger partial charge in [-0.3, -0.25) is 0 Å². The largest absolute Gasteiger partial charge is 1.00 e. The van der Waals surface area contributed by atoms with Gasteiger partial charge in [0.1, 0.15) is 0 Å². The van der Waals surface area contributed by atoms with Gasteiger partial charge in [0.2, 0.25) is 0 Å². The van der Waals surface area contributed by atoms with Crippen molar-refractivity contribution in [2.75, 3.05) is 42.3 Å². The van der Waals surface area contributed by atoms with E-state index in [-0.39, 0.29) is 24.8 Å². The molecule has 10 aliphatic rings. The Kier molecular flexibility index (Phi) is 1.09. The molecule has 1 spiro atoms. The first kappa shape index (κ1) is 16.7. The number of fused-ring (bicyclic) bond motifs is 10. The molecule has 5 heteroatoms. The van der Waals surface area contributed by atoms with Crippen molar-refractivity contribution in [2.45, 2.75) is 85.9 Å². The monoisotopic (exact) mass is 456 g/mol. The summed E-state index contributed by atoms with van der Waals surface area (Å²) >= 11 is 0. The third-order valence-electron chi connectivity index (χ3n) is 18.7. The molecule has 10 saturated heterocycles. The molecule has 158 valence electrons. The second kappa shape index (κ2) is 1.76. The first-order valence-corrected chi connectivity index (χ1v) is 17.4. The molecule has 27 heavy (non-hydrogen) atoms. The molecule has 0 N–H and O–H groups in total. The predicted molar refractivity (Wildman–Crippen MR) is 99.6 cm³/mol. The molecule has 10 fully saturated rings. The molecular formula is C22H38Cl2FeN2. The van der Waals surface area contributed by atoms with E-state index in [9.17, 15) is 0 Å². The molecule has 0 saturated carbocycles. The average Bonchev–Trinajstić information content (AvgIpc) is 3.40. The summed E-state index contributed by atoms with van der Waals surface area (Å²) in [6.45, 7) is 1.80. The smallest absolute Gasteiger partial charge is 1.00 e. The second-order valence-corrected chi connectivity index (χ2v) is 39.3. The first-order chi connectivity index (χ1) is 11.3. The molecule has 10 unspecified atom stereocenters. The molecule has 10 heterocycles. The van der Waals surface area contributed by atoms with Crippen LogP contribution in [0.25, 0.3) is 0 Å². The molecule has 0 bridgehead atoms.